The third-order valence-corrected chi connectivity index (χ3v) is 4.34. The van der Waals surface area contributed by atoms with Gasteiger partial charge in [-0.25, -0.2) is 0 Å². The third-order valence-electron chi connectivity index (χ3n) is 4.34. The summed E-state index contributed by atoms with van der Waals surface area (Å²) in [6, 6.07) is 19.0. The van der Waals surface area contributed by atoms with Crippen LogP contribution in [0.15, 0.2) is 60.7 Å². The molecule has 6 heteroatoms. The Hall–Kier alpha value is -1.80. The first-order chi connectivity index (χ1) is 12.6. The lowest BCUT2D eigenvalue weighted by atomic mass is 9.99. The molecule has 6 nitrogen and oxygen atoms in total. The van der Waals surface area contributed by atoms with E-state index in [9.17, 15) is 15.3 Å². The Morgan fingerprint density at radius 2 is 1.35 bits per heavy atom. The molecule has 3 rings (SSSR count). The van der Waals surface area contributed by atoms with E-state index in [1.54, 1.807) is 0 Å². The van der Waals surface area contributed by atoms with Crippen LogP contribution in [-0.2, 0) is 27.4 Å². The van der Waals surface area contributed by atoms with Gasteiger partial charge in [0.05, 0.1) is 19.8 Å². The van der Waals surface area contributed by atoms with Crippen molar-refractivity contribution in [3.63, 3.8) is 0 Å². The number of benzene rings is 2. The van der Waals surface area contributed by atoms with Crippen molar-refractivity contribution in [1.82, 2.24) is 0 Å². The summed E-state index contributed by atoms with van der Waals surface area (Å²) in [5.41, 5.74) is 1.90. The summed E-state index contributed by atoms with van der Waals surface area (Å²) >= 11 is 0. The second-order valence-electron chi connectivity index (χ2n) is 6.31. The van der Waals surface area contributed by atoms with E-state index < -0.39 is 30.7 Å². The molecule has 0 spiro atoms. The number of hydrogen-bond acceptors (Lipinski definition) is 6. The maximum Gasteiger partial charge on any atom is 0.184 e. The van der Waals surface area contributed by atoms with Gasteiger partial charge >= 0.3 is 0 Å². The Balaban J connectivity index is 1.55. The number of hydrogen-bond donors (Lipinski definition) is 3. The summed E-state index contributed by atoms with van der Waals surface area (Å²) in [6.45, 7) is 0.649. The molecule has 0 bridgehead atoms. The molecule has 1 fully saturated rings. The monoisotopic (exact) mass is 360 g/mol. The van der Waals surface area contributed by atoms with Gasteiger partial charge < -0.3 is 29.5 Å². The average molecular weight is 360 g/mol. The van der Waals surface area contributed by atoms with Gasteiger partial charge in [-0.15, -0.1) is 0 Å². The SMILES string of the molecule is O[C@@H]1[C@@H](OCc2ccccc2)[C@@H](O)[C@@H](COCc2ccccc2)O[C@H]1O. The van der Waals surface area contributed by atoms with Gasteiger partial charge in [0.2, 0.25) is 0 Å². The summed E-state index contributed by atoms with van der Waals surface area (Å²) in [6.07, 6.45) is -5.65. The van der Waals surface area contributed by atoms with Crippen LogP contribution in [0.1, 0.15) is 11.1 Å². The molecule has 0 aromatic heterocycles. The minimum Gasteiger partial charge on any atom is -0.387 e. The zero-order chi connectivity index (χ0) is 18.4. The molecule has 2 aromatic rings. The second kappa shape index (κ2) is 9.23. The summed E-state index contributed by atoms with van der Waals surface area (Å²) in [5.74, 6) is 0. The first-order valence-corrected chi connectivity index (χ1v) is 8.62. The van der Waals surface area contributed by atoms with Crippen molar-refractivity contribution in [2.75, 3.05) is 6.61 Å². The van der Waals surface area contributed by atoms with Crippen LogP contribution >= 0.6 is 0 Å². The predicted octanol–water partition coefficient (Wildman–Crippen LogP) is 1.23. The fourth-order valence-electron chi connectivity index (χ4n) is 2.88. The number of aliphatic hydroxyl groups is 3. The van der Waals surface area contributed by atoms with Gasteiger partial charge in [-0.3, -0.25) is 0 Å². The van der Waals surface area contributed by atoms with E-state index in [1.807, 2.05) is 60.7 Å². The maximum absolute atomic E-state index is 10.5. The van der Waals surface area contributed by atoms with E-state index in [-0.39, 0.29) is 13.2 Å². The van der Waals surface area contributed by atoms with E-state index in [0.717, 1.165) is 11.1 Å². The Kier molecular flexibility index (Phi) is 6.73. The smallest absolute Gasteiger partial charge is 0.184 e. The summed E-state index contributed by atoms with van der Waals surface area (Å²) in [7, 11) is 0. The summed E-state index contributed by atoms with van der Waals surface area (Å²) in [4.78, 5) is 0. The zero-order valence-corrected chi connectivity index (χ0v) is 14.3. The maximum atomic E-state index is 10.5. The second-order valence-corrected chi connectivity index (χ2v) is 6.31. The minimum absolute atomic E-state index is 0.0744. The van der Waals surface area contributed by atoms with Crippen molar-refractivity contribution in [2.45, 2.75) is 43.9 Å². The lowest BCUT2D eigenvalue weighted by Crippen LogP contribution is -2.59. The fraction of sp³-hybridized carbons (Fsp3) is 0.400. The van der Waals surface area contributed by atoms with Gasteiger partial charge in [-0.05, 0) is 11.1 Å². The molecular weight excluding hydrogens is 336 g/mol. The molecule has 0 radical (unpaired) electrons. The fourth-order valence-corrected chi connectivity index (χ4v) is 2.88. The van der Waals surface area contributed by atoms with Crippen LogP contribution in [0, 0.1) is 0 Å². The molecular formula is C20H24O6. The lowest BCUT2D eigenvalue weighted by Gasteiger charge is -2.40. The molecule has 0 amide bonds. The Labute approximate surface area is 152 Å². The molecule has 1 saturated heterocycles. The molecule has 1 heterocycles. The third kappa shape index (κ3) is 4.88. The zero-order valence-electron chi connectivity index (χ0n) is 14.3. The van der Waals surface area contributed by atoms with Gasteiger partial charge in [0.25, 0.3) is 0 Å². The summed E-state index contributed by atoms with van der Waals surface area (Å²) < 4.78 is 16.5. The molecule has 1 aliphatic heterocycles. The highest BCUT2D eigenvalue weighted by Crippen LogP contribution is 2.24. The van der Waals surface area contributed by atoms with Gasteiger partial charge in [-0.1, -0.05) is 60.7 Å². The van der Waals surface area contributed by atoms with E-state index in [0.29, 0.717) is 6.61 Å². The van der Waals surface area contributed by atoms with E-state index >= 15 is 0 Å². The molecule has 0 unspecified atom stereocenters. The van der Waals surface area contributed by atoms with Crippen LogP contribution in [0.25, 0.3) is 0 Å². The topological polar surface area (TPSA) is 88.4 Å². The van der Waals surface area contributed by atoms with E-state index in [4.69, 9.17) is 14.2 Å². The molecule has 3 N–H and O–H groups in total. The highest BCUT2D eigenvalue weighted by molar-refractivity contribution is 5.14. The van der Waals surface area contributed by atoms with Crippen LogP contribution in [0.5, 0.6) is 0 Å². The van der Waals surface area contributed by atoms with Crippen LogP contribution < -0.4 is 0 Å². The Bertz CT molecular complexity index is 650. The molecule has 26 heavy (non-hydrogen) atoms. The largest absolute Gasteiger partial charge is 0.387 e. The van der Waals surface area contributed by atoms with Crippen LogP contribution in [0.2, 0.25) is 0 Å². The van der Waals surface area contributed by atoms with Gasteiger partial charge in [0.15, 0.2) is 6.29 Å². The van der Waals surface area contributed by atoms with Crippen molar-refractivity contribution >= 4 is 0 Å². The lowest BCUT2D eigenvalue weighted by molar-refractivity contribution is -0.298. The predicted molar refractivity (Wildman–Crippen MR) is 94.0 cm³/mol. The molecule has 2 aromatic carbocycles. The van der Waals surface area contributed by atoms with Crippen molar-refractivity contribution in [3.05, 3.63) is 71.8 Å². The number of aliphatic hydroxyl groups excluding tert-OH is 3. The first-order valence-electron chi connectivity index (χ1n) is 8.62. The molecule has 140 valence electrons. The normalized spacial score (nSPS) is 28.8. The Morgan fingerprint density at radius 1 is 0.769 bits per heavy atom. The highest BCUT2D eigenvalue weighted by atomic mass is 16.7. The van der Waals surface area contributed by atoms with E-state index in [1.165, 1.54) is 0 Å². The molecule has 0 aliphatic carbocycles. The minimum atomic E-state index is -1.44. The van der Waals surface area contributed by atoms with Crippen molar-refractivity contribution in [1.29, 1.82) is 0 Å². The first kappa shape index (κ1) is 19.0. The van der Waals surface area contributed by atoms with Crippen LogP contribution in [-0.4, -0.2) is 52.6 Å². The summed E-state index contributed by atoms with van der Waals surface area (Å²) in [5, 5.41) is 30.5. The van der Waals surface area contributed by atoms with Crippen molar-refractivity contribution in [2.24, 2.45) is 0 Å². The van der Waals surface area contributed by atoms with Crippen LogP contribution in [0.4, 0.5) is 0 Å². The molecule has 1 aliphatic rings. The highest BCUT2D eigenvalue weighted by Gasteiger charge is 2.44. The van der Waals surface area contributed by atoms with Gasteiger partial charge in [-0.2, -0.15) is 0 Å². The van der Waals surface area contributed by atoms with Crippen LogP contribution in [0.3, 0.4) is 0 Å². The van der Waals surface area contributed by atoms with E-state index in [2.05, 4.69) is 0 Å². The average Bonchev–Trinajstić information content (AvgIpc) is 2.67. The van der Waals surface area contributed by atoms with Crippen molar-refractivity contribution in [3.8, 4) is 0 Å². The number of ether oxygens (including phenoxy) is 3. The van der Waals surface area contributed by atoms with Crippen molar-refractivity contribution < 1.29 is 29.5 Å². The number of rotatable bonds is 7. The molecule has 5 atom stereocenters. The standard InChI is InChI=1S/C20H24O6/c21-17-16(13-24-11-14-7-3-1-4-8-14)26-20(23)18(22)19(17)25-12-15-9-5-2-6-10-15/h1-10,16-23H,11-13H2/t16-,17+,18-,19+,20-/m1/s1. The van der Waals surface area contributed by atoms with Gasteiger partial charge in [0, 0.05) is 0 Å². The molecule has 0 saturated carbocycles. The Morgan fingerprint density at radius 3 is 1.96 bits per heavy atom. The quantitative estimate of drug-likeness (QED) is 0.688. The van der Waals surface area contributed by atoms with Gasteiger partial charge in [0.1, 0.15) is 24.4 Å².